The highest BCUT2D eigenvalue weighted by Gasteiger charge is 2.41. The lowest BCUT2D eigenvalue weighted by molar-refractivity contribution is -0.154. The van der Waals surface area contributed by atoms with Crippen LogP contribution in [0.3, 0.4) is 0 Å². The van der Waals surface area contributed by atoms with Gasteiger partial charge < -0.3 is 10.4 Å². The van der Waals surface area contributed by atoms with Crippen molar-refractivity contribution < 1.29 is 14.7 Å². The minimum atomic E-state index is -1.44. The molecule has 0 spiro atoms. The minimum absolute atomic E-state index is 0.190. The summed E-state index contributed by atoms with van der Waals surface area (Å²) < 4.78 is 0. The summed E-state index contributed by atoms with van der Waals surface area (Å²) in [5.74, 6) is -1.58. The molecule has 1 amide bonds. The first-order valence-electron chi connectivity index (χ1n) is 5.83. The van der Waals surface area contributed by atoms with Gasteiger partial charge in [0, 0.05) is 7.05 Å². The summed E-state index contributed by atoms with van der Waals surface area (Å²) in [6.45, 7) is 5.32. The van der Waals surface area contributed by atoms with Crippen molar-refractivity contribution in [3.8, 4) is 0 Å². The number of benzene rings is 1. The molecular weight excluding hydrogens is 230 g/mol. The summed E-state index contributed by atoms with van der Waals surface area (Å²) in [5.41, 5.74) is 1.51. The number of carboxylic acids is 1. The first-order chi connectivity index (χ1) is 8.31. The third kappa shape index (κ3) is 2.70. The van der Waals surface area contributed by atoms with Crippen LogP contribution in [0.5, 0.6) is 0 Å². The van der Waals surface area contributed by atoms with E-state index in [0.29, 0.717) is 0 Å². The molecule has 4 heteroatoms. The molecule has 18 heavy (non-hydrogen) atoms. The molecule has 1 rings (SSSR count). The van der Waals surface area contributed by atoms with Crippen LogP contribution in [-0.2, 0) is 16.0 Å². The number of hydrogen-bond donors (Lipinski definition) is 2. The van der Waals surface area contributed by atoms with Gasteiger partial charge >= 0.3 is 5.97 Å². The van der Waals surface area contributed by atoms with E-state index in [1.165, 1.54) is 14.0 Å². The van der Waals surface area contributed by atoms with Crippen LogP contribution >= 0.6 is 0 Å². The number of aryl methyl sites for hydroxylation is 2. The fourth-order valence-corrected chi connectivity index (χ4v) is 1.90. The average molecular weight is 249 g/mol. The molecule has 0 fully saturated rings. The molecule has 0 saturated heterocycles. The van der Waals surface area contributed by atoms with E-state index in [4.69, 9.17) is 0 Å². The molecule has 0 aliphatic carbocycles. The Labute approximate surface area is 107 Å². The summed E-state index contributed by atoms with van der Waals surface area (Å²) >= 11 is 0. The van der Waals surface area contributed by atoms with Crippen molar-refractivity contribution in [1.82, 2.24) is 5.32 Å². The second-order valence-electron chi connectivity index (χ2n) is 4.82. The second kappa shape index (κ2) is 5.21. The maximum Gasteiger partial charge on any atom is 0.319 e. The predicted octanol–water partition coefficient (Wildman–Crippen LogP) is 1.68. The molecule has 0 heterocycles. The van der Waals surface area contributed by atoms with Gasteiger partial charge in [-0.1, -0.05) is 23.8 Å². The van der Waals surface area contributed by atoms with Gasteiger partial charge in [-0.2, -0.15) is 0 Å². The van der Waals surface area contributed by atoms with E-state index in [1.54, 1.807) is 0 Å². The van der Waals surface area contributed by atoms with Gasteiger partial charge in [0.1, 0.15) is 5.41 Å². The molecule has 1 aromatic carbocycles. The zero-order valence-electron chi connectivity index (χ0n) is 11.2. The van der Waals surface area contributed by atoms with Gasteiger partial charge in [-0.15, -0.1) is 0 Å². The van der Waals surface area contributed by atoms with Gasteiger partial charge in [0.05, 0.1) is 0 Å². The topological polar surface area (TPSA) is 66.4 Å². The molecule has 1 aromatic rings. The molecule has 1 atom stereocenters. The molecule has 98 valence electrons. The maximum absolute atomic E-state index is 11.8. The highest BCUT2D eigenvalue weighted by molar-refractivity contribution is 6.01. The summed E-state index contributed by atoms with van der Waals surface area (Å²) in [4.78, 5) is 23.1. The van der Waals surface area contributed by atoms with Crippen LogP contribution in [-0.4, -0.2) is 24.0 Å². The molecule has 0 bridgehead atoms. The summed E-state index contributed by atoms with van der Waals surface area (Å²) in [7, 11) is 1.45. The number of amides is 1. The third-order valence-corrected chi connectivity index (χ3v) is 3.25. The lowest BCUT2D eigenvalue weighted by Crippen LogP contribution is -2.44. The van der Waals surface area contributed by atoms with Crippen molar-refractivity contribution in [2.45, 2.75) is 27.2 Å². The monoisotopic (exact) mass is 249 g/mol. The van der Waals surface area contributed by atoms with Gasteiger partial charge in [-0.05, 0) is 38.3 Å². The lowest BCUT2D eigenvalue weighted by Gasteiger charge is -2.23. The summed E-state index contributed by atoms with van der Waals surface area (Å²) in [6, 6.07) is 5.84. The number of carboxylic acid groups (broad SMARTS) is 1. The highest BCUT2D eigenvalue weighted by atomic mass is 16.4. The lowest BCUT2D eigenvalue weighted by atomic mass is 9.81. The van der Waals surface area contributed by atoms with Crippen molar-refractivity contribution in [2.75, 3.05) is 7.05 Å². The summed E-state index contributed by atoms with van der Waals surface area (Å²) in [5, 5.41) is 11.7. The minimum Gasteiger partial charge on any atom is -0.480 e. The average Bonchev–Trinajstić information content (AvgIpc) is 2.32. The molecular formula is C14H19NO3. The number of rotatable bonds is 4. The van der Waals surface area contributed by atoms with E-state index in [9.17, 15) is 14.7 Å². The van der Waals surface area contributed by atoms with E-state index in [2.05, 4.69) is 5.32 Å². The van der Waals surface area contributed by atoms with E-state index < -0.39 is 17.3 Å². The fraction of sp³-hybridized carbons (Fsp3) is 0.429. The Bertz CT molecular complexity index is 482. The van der Waals surface area contributed by atoms with E-state index in [0.717, 1.165) is 16.7 Å². The van der Waals surface area contributed by atoms with Crippen molar-refractivity contribution in [3.63, 3.8) is 0 Å². The van der Waals surface area contributed by atoms with Crippen molar-refractivity contribution in [2.24, 2.45) is 5.41 Å². The third-order valence-electron chi connectivity index (χ3n) is 3.25. The van der Waals surface area contributed by atoms with Gasteiger partial charge in [0.25, 0.3) is 0 Å². The van der Waals surface area contributed by atoms with E-state index >= 15 is 0 Å². The zero-order chi connectivity index (χ0) is 13.9. The normalized spacial score (nSPS) is 13.8. The van der Waals surface area contributed by atoms with Crippen LogP contribution in [0, 0.1) is 19.3 Å². The summed E-state index contributed by atoms with van der Waals surface area (Å²) in [6.07, 6.45) is 0.190. The molecule has 0 radical (unpaired) electrons. The Kier molecular flexibility index (Phi) is 4.11. The largest absolute Gasteiger partial charge is 0.480 e. The molecule has 0 aliphatic rings. The molecule has 1 unspecified atom stereocenters. The van der Waals surface area contributed by atoms with Gasteiger partial charge in [0.2, 0.25) is 5.91 Å². The van der Waals surface area contributed by atoms with Gasteiger partial charge in [-0.3, -0.25) is 9.59 Å². The van der Waals surface area contributed by atoms with Crippen molar-refractivity contribution in [3.05, 3.63) is 34.9 Å². The number of hydrogen-bond acceptors (Lipinski definition) is 2. The van der Waals surface area contributed by atoms with Crippen LogP contribution in [0.25, 0.3) is 0 Å². The van der Waals surface area contributed by atoms with Gasteiger partial charge in [-0.25, -0.2) is 0 Å². The van der Waals surface area contributed by atoms with Crippen LogP contribution in [0.4, 0.5) is 0 Å². The van der Waals surface area contributed by atoms with Crippen LogP contribution in [0.2, 0.25) is 0 Å². The zero-order valence-corrected chi connectivity index (χ0v) is 11.2. The standard InChI is InChI=1S/C14H19NO3/c1-9-5-6-10(2)11(7-9)8-14(3,13(17)18)12(16)15-4/h5-7H,8H2,1-4H3,(H,15,16)(H,17,18). The molecule has 4 nitrogen and oxygen atoms in total. The Morgan fingerprint density at radius 2 is 1.94 bits per heavy atom. The fourth-order valence-electron chi connectivity index (χ4n) is 1.90. The molecule has 0 aromatic heterocycles. The van der Waals surface area contributed by atoms with Crippen LogP contribution in [0.1, 0.15) is 23.6 Å². The van der Waals surface area contributed by atoms with Crippen molar-refractivity contribution >= 4 is 11.9 Å². The van der Waals surface area contributed by atoms with E-state index in [1.807, 2.05) is 32.0 Å². The molecule has 0 saturated carbocycles. The van der Waals surface area contributed by atoms with Crippen LogP contribution in [0.15, 0.2) is 18.2 Å². The highest BCUT2D eigenvalue weighted by Crippen LogP contribution is 2.25. The van der Waals surface area contributed by atoms with Gasteiger partial charge in [0.15, 0.2) is 0 Å². The number of carbonyl (C=O) groups is 2. The van der Waals surface area contributed by atoms with Crippen LogP contribution < -0.4 is 5.32 Å². The first kappa shape index (κ1) is 14.2. The predicted molar refractivity (Wildman–Crippen MR) is 69.4 cm³/mol. The van der Waals surface area contributed by atoms with Crippen molar-refractivity contribution in [1.29, 1.82) is 0 Å². The maximum atomic E-state index is 11.8. The van der Waals surface area contributed by atoms with E-state index in [-0.39, 0.29) is 6.42 Å². The molecule has 2 N–H and O–H groups in total. The number of nitrogens with one attached hydrogen (secondary N) is 1. The second-order valence-corrected chi connectivity index (χ2v) is 4.82. The Morgan fingerprint density at radius 3 is 2.44 bits per heavy atom. The Hall–Kier alpha value is -1.84. The first-order valence-corrected chi connectivity index (χ1v) is 5.83. The SMILES string of the molecule is CNC(=O)C(C)(Cc1cc(C)ccc1C)C(=O)O. The smallest absolute Gasteiger partial charge is 0.319 e. The Balaban J connectivity index is 3.15. The molecule has 0 aliphatic heterocycles. The quantitative estimate of drug-likeness (QED) is 0.798. The number of carbonyl (C=O) groups excluding carboxylic acids is 1. The number of aliphatic carboxylic acids is 1. The Morgan fingerprint density at radius 1 is 1.33 bits per heavy atom.